The molecule has 2 N–H and O–H groups in total. The molecule has 1 fully saturated rings. The number of carboxylic acid groups (broad SMARTS) is 1. The van der Waals surface area contributed by atoms with Crippen LogP contribution in [0.1, 0.15) is 38.7 Å². The number of anilines is 1. The molecule has 114 valence electrons. The van der Waals surface area contributed by atoms with Gasteiger partial charge in [0.25, 0.3) is 0 Å². The Kier molecular flexibility index (Phi) is 4.50. The van der Waals surface area contributed by atoms with Gasteiger partial charge in [-0.1, -0.05) is 26.0 Å². The SMILES string of the molecule is CCc1ccc(NC(=O)N2CCCC2(CC)C(=O)O)cc1. The average molecular weight is 290 g/mol. The maximum absolute atomic E-state index is 12.4. The molecule has 1 saturated heterocycles. The largest absolute Gasteiger partial charge is 0.479 e. The molecule has 5 heteroatoms. The van der Waals surface area contributed by atoms with Gasteiger partial charge in [0.1, 0.15) is 5.54 Å². The van der Waals surface area contributed by atoms with Crippen molar-refractivity contribution < 1.29 is 14.7 Å². The minimum Gasteiger partial charge on any atom is -0.479 e. The number of hydrogen-bond donors (Lipinski definition) is 2. The van der Waals surface area contributed by atoms with Crippen molar-refractivity contribution in [3.05, 3.63) is 29.8 Å². The summed E-state index contributed by atoms with van der Waals surface area (Å²) in [6, 6.07) is 7.29. The van der Waals surface area contributed by atoms with Gasteiger partial charge < -0.3 is 15.3 Å². The van der Waals surface area contributed by atoms with Crippen molar-refractivity contribution in [3.8, 4) is 0 Å². The number of urea groups is 1. The summed E-state index contributed by atoms with van der Waals surface area (Å²) in [7, 11) is 0. The van der Waals surface area contributed by atoms with Crippen LogP contribution < -0.4 is 5.32 Å². The van der Waals surface area contributed by atoms with E-state index in [0.717, 1.165) is 12.8 Å². The number of rotatable bonds is 4. The second-order valence-corrected chi connectivity index (χ2v) is 5.43. The standard InChI is InChI=1S/C16H22N2O3/c1-3-12-6-8-13(9-7-12)17-15(21)18-11-5-10-16(18,4-2)14(19)20/h6-9H,3-5,10-11H2,1-2H3,(H,17,21)(H,19,20). The first-order valence-electron chi connectivity index (χ1n) is 7.44. The molecule has 0 saturated carbocycles. The summed E-state index contributed by atoms with van der Waals surface area (Å²) >= 11 is 0. The first-order valence-corrected chi connectivity index (χ1v) is 7.44. The van der Waals surface area contributed by atoms with E-state index in [-0.39, 0.29) is 6.03 Å². The summed E-state index contributed by atoms with van der Waals surface area (Å²) in [5, 5.41) is 12.3. The summed E-state index contributed by atoms with van der Waals surface area (Å²) in [4.78, 5) is 25.4. The van der Waals surface area contributed by atoms with Gasteiger partial charge in [-0.3, -0.25) is 0 Å². The molecule has 1 aliphatic rings. The molecule has 1 aromatic carbocycles. The molecule has 1 unspecified atom stereocenters. The second-order valence-electron chi connectivity index (χ2n) is 5.43. The third-order valence-electron chi connectivity index (χ3n) is 4.33. The lowest BCUT2D eigenvalue weighted by Crippen LogP contribution is -2.54. The van der Waals surface area contributed by atoms with E-state index in [0.29, 0.717) is 25.1 Å². The van der Waals surface area contributed by atoms with Crippen LogP contribution in [-0.2, 0) is 11.2 Å². The molecule has 5 nitrogen and oxygen atoms in total. The molecule has 2 rings (SSSR count). The summed E-state index contributed by atoms with van der Waals surface area (Å²) in [6.07, 6.45) is 2.60. The van der Waals surface area contributed by atoms with E-state index in [4.69, 9.17) is 0 Å². The predicted octanol–water partition coefficient (Wildman–Crippen LogP) is 3.11. The molecule has 1 aromatic rings. The first-order chi connectivity index (χ1) is 10.0. The summed E-state index contributed by atoms with van der Waals surface area (Å²) in [5.41, 5.74) is 0.829. The summed E-state index contributed by atoms with van der Waals surface area (Å²) in [5.74, 6) is -0.918. The van der Waals surface area contributed by atoms with Crippen LogP contribution in [0.5, 0.6) is 0 Å². The number of carbonyl (C=O) groups is 2. The first kappa shape index (κ1) is 15.4. The minimum absolute atomic E-state index is 0.332. The van der Waals surface area contributed by atoms with Crippen molar-refractivity contribution in [3.63, 3.8) is 0 Å². The predicted molar refractivity (Wildman–Crippen MR) is 81.4 cm³/mol. The normalized spacial score (nSPS) is 21.3. The average Bonchev–Trinajstić information content (AvgIpc) is 2.93. The zero-order valence-electron chi connectivity index (χ0n) is 12.6. The number of hydrogen-bond acceptors (Lipinski definition) is 2. The molecular weight excluding hydrogens is 268 g/mol. The number of aliphatic carboxylic acids is 1. The molecule has 0 radical (unpaired) electrons. The topological polar surface area (TPSA) is 69.6 Å². The molecule has 0 spiro atoms. The fourth-order valence-electron chi connectivity index (χ4n) is 2.93. The number of benzene rings is 1. The number of nitrogens with one attached hydrogen (secondary N) is 1. The third kappa shape index (κ3) is 2.86. The van der Waals surface area contributed by atoms with Gasteiger partial charge in [-0.05, 0) is 43.4 Å². The lowest BCUT2D eigenvalue weighted by molar-refractivity contribution is -0.148. The Morgan fingerprint density at radius 2 is 1.95 bits per heavy atom. The quantitative estimate of drug-likeness (QED) is 0.895. The smallest absolute Gasteiger partial charge is 0.329 e. The van der Waals surface area contributed by atoms with E-state index in [2.05, 4.69) is 12.2 Å². The minimum atomic E-state index is -1.06. The summed E-state index contributed by atoms with van der Waals surface area (Å²) in [6.45, 7) is 4.37. The van der Waals surface area contributed by atoms with Crippen LogP contribution in [-0.4, -0.2) is 34.1 Å². The van der Waals surface area contributed by atoms with Gasteiger partial charge in [-0.25, -0.2) is 9.59 Å². The fraction of sp³-hybridized carbons (Fsp3) is 0.500. The zero-order valence-corrected chi connectivity index (χ0v) is 12.6. The molecule has 1 atom stereocenters. The highest BCUT2D eigenvalue weighted by Crippen LogP contribution is 2.33. The van der Waals surface area contributed by atoms with Gasteiger partial charge >= 0.3 is 12.0 Å². The van der Waals surface area contributed by atoms with Crippen molar-refractivity contribution in [1.29, 1.82) is 0 Å². The van der Waals surface area contributed by atoms with Gasteiger partial charge in [0.05, 0.1) is 0 Å². The van der Waals surface area contributed by atoms with Crippen molar-refractivity contribution in [2.24, 2.45) is 0 Å². The second kappa shape index (κ2) is 6.16. The van der Waals surface area contributed by atoms with Gasteiger partial charge in [-0.2, -0.15) is 0 Å². The van der Waals surface area contributed by atoms with Crippen LogP contribution in [0.2, 0.25) is 0 Å². The van der Waals surface area contributed by atoms with Gasteiger partial charge in [-0.15, -0.1) is 0 Å². The van der Waals surface area contributed by atoms with Crippen LogP contribution >= 0.6 is 0 Å². The molecule has 1 heterocycles. The van der Waals surface area contributed by atoms with E-state index in [1.54, 1.807) is 0 Å². The molecule has 21 heavy (non-hydrogen) atoms. The van der Waals surface area contributed by atoms with Gasteiger partial charge in [0.15, 0.2) is 0 Å². The van der Waals surface area contributed by atoms with Crippen LogP contribution in [0.4, 0.5) is 10.5 Å². The molecule has 2 amide bonds. The molecular formula is C16H22N2O3. The Balaban J connectivity index is 2.13. The number of nitrogens with zero attached hydrogens (tertiary/aromatic N) is 1. The van der Waals surface area contributed by atoms with E-state index in [9.17, 15) is 14.7 Å². The third-order valence-corrected chi connectivity index (χ3v) is 4.33. The van der Waals surface area contributed by atoms with E-state index in [1.807, 2.05) is 31.2 Å². The zero-order chi connectivity index (χ0) is 15.5. The lowest BCUT2D eigenvalue weighted by Gasteiger charge is -2.33. The number of aryl methyl sites for hydroxylation is 1. The Labute approximate surface area is 125 Å². The van der Waals surface area contributed by atoms with E-state index >= 15 is 0 Å². The van der Waals surface area contributed by atoms with Crippen molar-refractivity contribution in [2.45, 2.75) is 45.1 Å². The van der Waals surface area contributed by atoms with Gasteiger partial charge in [0, 0.05) is 12.2 Å². The lowest BCUT2D eigenvalue weighted by atomic mass is 9.93. The molecule has 0 bridgehead atoms. The van der Waals surface area contributed by atoms with Crippen molar-refractivity contribution in [2.75, 3.05) is 11.9 Å². The monoisotopic (exact) mass is 290 g/mol. The van der Waals surface area contributed by atoms with E-state index in [1.165, 1.54) is 10.5 Å². The highest BCUT2D eigenvalue weighted by atomic mass is 16.4. The van der Waals surface area contributed by atoms with Crippen LogP contribution in [0.3, 0.4) is 0 Å². The maximum atomic E-state index is 12.4. The molecule has 0 aliphatic carbocycles. The Morgan fingerprint density at radius 1 is 1.29 bits per heavy atom. The Morgan fingerprint density at radius 3 is 2.48 bits per heavy atom. The van der Waals surface area contributed by atoms with Crippen molar-refractivity contribution in [1.82, 2.24) is 4.90 Å². The van der Waals surface area contributed by atoms with E-state index < -0.39 is 11.5 Å². The Hall–Kier alpha value is -2.04. The van der Waals surface area contributed by atoms with Crippen LogP contribution in [0.15, 0.2) is 24.3 Å². The highest BCUT2D eigenvalue weighted by Gasteiger charge is 2.48. The van der Waals surface area contributed by atoms with Crippen molar-refractivity contribution >= 4 is 17.7 Å². The Bertz CT molecular complexity index is 527. The number of carboxylic acids is 1. The maximum Gasteiger partial charge on any atom is 0.329 e. The molecule has 0 aromatic heterocycles. The van der Waals surface area contributed by atoms with Crippen LogP contribution in [0, 0.1) is 0 Å². The number of carbonyl (C=O) groups excluding carboxylic acids is 1. The molecule has 1 aliphatic heterocycles. The van der Waals surface area contributed by atoms with Crippen LogP contribution in [0.25, 0.3) is 0 Å². The van der Waals surface area contributed by atoms with Gasteiger partial charge in [0.2, 0.25) is 0 Å². The number of amides is 2. The highest BCUT2D eigenvalue weighted by molar-refractivity contribution is 5.94. The fourth-order valence-corrected chi connectivity index (χ4v) is 2.93. The number of likely N-dealkylation sites (tertiary alicyclic amines) is 1. The summed E-state index contributed by atoms with van der Waals surface area (Å²) < 4.78 is 0.